The number of carbonyl (C=O) groups excluding carboxylic acids is 1. The zero-order valence-corrected chi connectivity index (χ0v) is 20.3. The van der Waals surface area contributed by atoms with Crippen LogP contribution in [-0.2, 0) is 19.3 Å². The van der Waals surface area contributed by atoms with Crippen LogP contribution in [0.4, 0.5) is 13.2 Å². The monoisotopic (exact) mass is 534 g/mol. The minimum Gasteiger partial charge on any atom is -0.346 e. The van der Waals surface area contributed by atoms with Gasteiger partial charge in [0.25, 0.3) is 5.91 Å². The van der Waals surface area contributed by atoms with Gasteiger partial charge in [-0.15, -0.1) is 0 Å². The number of rotatable bonds is 6. The van der Waals surface area contributed by atoms with E-state index in [4.69, 9.17) is 0 Å². The minimum absolute atomic E-state index is 0.0511. The van der Waals surface area contributed by atoms with Crippen molar-refractivity contribution in [3.63, 3.8) is 0 Å². The van der Waals surface area contributed by atoms with Gasteiger partial charge < -0.3 is 5.32 Å². The first kappa shape index (κ1) is 23.9. The number of fused-ring (bicyclic) bond motifs is 1. The van der Waals surface area contributed by atoms with Gasteiger partial charge in [-0.1, -0.05) is 38.1 Å². The van der Waals surface area contributed by atoms with Crippen LogP contribution in [0, 0.1) is 0 Å². The molecule has 0 bridgehead atoms. The van der Waals surface area contributed by atoms with Gasteiger partial charge in [-0.05, 0) is 40.4 Å². The zero-order chi connectivity index (χ0) is 24.6. The topological polar surface area (TPSA) is 77.1 Å². The summed E-state index contributed by atoms with van der Waals surface area (Å²) in [7, 11) is 0. The molecule has 0 atom stereocenters. The van der Waals surface area contributed by atoms with Crippen molar-refractivity contribution in [3.05, 3.63) is 69.7 Å². The van der Waals surface area contributed by atoms with Gasteiger partial charge in [0.2, 0.25) is 0 Å². The summed E-state index contributed by atoms with van der Waals surface area (Å²) in [5.41, 5.74) is 1.19. The normalized spacial score (nSPS) is 12.0. The zero-order valence-electron chi connectivity index (χ0n) is 18.7. The van der Waals surface area contributed by atoms with Gasteiger partial charge in [-0.2, -0.15) is 23.4 Å². The van der Waals surface area contributed by atoms with Crippen LogP contribution in [0.25, 0.3) is 16.9 Å². The highest BCUT2D eigenvalue weighted by Crippen LogP contribution is 2.33. The predicted octanol–water partition coefficient (Wildman–Crippen LogP) is 5.45. The number of hydrogen-bond acceptors (Lipinski definition) is 4. The first-order chi connectivity index (χ1) is 16.1. The standard InChI is InChI=1S/C23H22BrF3N6O/c1-4-32-19(17(24)11-29-32)12-28-22(34)16-10-30-33-20(23(25,26)27)9-18(31-21(16)33)15-7-5-14(6-8-15)13(2)3/h5-11,13H,4,12H2,1-3H3,(H,28,34). The van der Waals surface area contributed by atoms with Crippen LogP contribution in [0.5, 0.6) is 0 Å². The van der Waals surface area contributed by atoms with E-state index in [-0.39, 0.29) is 29.4 Å². The van der Waals surface area contributed by atoms with E-state index in [0.29, 0.717) is 16.6 Å². The van der Waals surface area contributed by atoms with Crippen LogP contribution >= 0.6 is 15.9 Å². The van der Waals surface area contributed by atoms with Crippen molar-refractivity contribution in [2.75, 3.05) is 0 Å². The fourth-order valence-electron chi connectivity index (χ4n) is 3.61. The lowest BCUT2D eigenvalue weighted by Crippen LogP contribution is -2.25. The molecule has 3 heterocycles. The summed E-state index contributed by atoms with van der Waals surface area (Å²) in [6.07, 6.45) is -1.97. The van der Waals surface area contributed by atoms with E-state index in [1.54, 1.807) is 23.0 Å². The van der Waals surface area contributed by atoms with E-state index in [2.05, 4.69) is 36.4 Å². The molecule has 0 unspecified atom stereocenters. The second-order valence-corrected chi connectivity index (χ2v) is 8.89. The SMILES string of the molecule is CCn1ncc(Br)c1CNC(=O)c1cnn2c(C(F)(F)F)cc(-c3ccc(C(C)C)cc3)nc12. The molecule has 7 nitrogen and oxygen atoms in total. The summed E-state index contributed by atoms with van der Waals surface area (Å²) in [4.78, 5) is 17.3. The van der Waals surface area contributed by atoms with Crippen molar-refractivity contribution in [3.8, 4) is 11.3 Å². The number of carbonyl (C=O) groups is 1. The maximum absolute atomic E-state index is 13.9. The Kier molecular flexibility index (Phi) is 6.48. The van der Waals surface area contributed by atoms with Gasteiger partial charge in [-0.3, -0.25) is 9.48 Å². The highest BCUT2D eigenvalue weighted by atomic mass is 79.9. The molecule has 0 aliphatic carbocycles. The molecule has 3 aromatic heterocycles. The summed E-state index contributed by atoms with van der Waals surface area (Å²) in [5, 5.41) is 10.7. The number of halogens is 4. The molecule has 0 saturated carbocycles. The Hall–Kier alpha value is -3.21. The molecule has 11 heteroatoms. The fourth-order valence-corrected chi connectivity index (χ4v) is 4.04. The number of aromatic nitrogens is 5. The Morgan fingerprint density at radius 3 is 2.47 bits per heavy atom. The van der Waals surface area contributed by atoms with E-state index in [0.717, 1.165) is 28.0 Å². The van der Waals surface area contributed by atoms with Crippen LogP contribution < -0.4 is 5.32 Å². The Bertz CT molecular complexity index is 1340. The quantitative estimate of drug-likeness (QED) is 0.357. The number of aryl methyl sites for hydroxylation is 1. The molecule has 0 aliphatic rings. The number of benzene rings is 1. The smallest absolute Gasteiger partial charge is 0.346 e. The number of alkyl halides is 3. The van der Waals surface area contributed by atoms with Gasteiger partial charge >= 0.3 is 6.18 Å². The van der Waals surface area contributed by atoms with Crippen molar-refractivity contribution in [2.45, 2.75) is 46.0 Å². The Labute approximate surface area is 202 Å². The first-order valence-electron chi connectivity index (χ1n) is 10.6. The molecule has 0 saturated heterocycles. The third-order valence-corrected chi connectivity index (χ3v) is 6.16. The minimum atomic E-state index is -4.69. The molecule has 4 aromatic rings. The van der Waals surface area contributed by atoms with Gasteiger partial charge in [0.15, 0.2) is 11.3 Å². The summed E-state index contributed by atoms with van der Waals surface area (Å²) in [5.74, 6) is -0.303. The molecule has 178 valence electrons. The van der Waals surface area contributed by atoms with E-state index in [1.165, 1.54) is 0 Å². The maximum atomic E-state index is 13.9. The van der Waals surface area contributed by atoms with Crippen LogP contribution in [0.1, 0.15) is 54.0 Å². The van der Waals surface area contributed by atoms with E-state index in [9.17, 15) is 18.0 Å². The van der Waals surface area contributed by atoms with Crippen molar-refractivity contribution in [2.24, 2.45) is 0 Å². The molecule has 0 spiro atoms. The average molecular weight is 535 g/mol. The van der Waals surface area contributed by atoms with Crippen molar-refractivity contribution >= 4 is 27.5 Å². The van der Waals surface area contributed by atoms with Crippen LogP contribution in [-0.4, -0.2) is 30.3 Å². The van der Waals surface area contributed by atoms with Gasteiger partial charge in [0.1, 0.15) is 5.56 Å². The third kappa shape index (κ3) is 4.56. The molecule has 1 N–H and O–H groups in total. The number of amides is 1. The molecule has 1 aromatic carbocycles. The average Bonchev–Trinajstić information content (AvgIpc) is 3.39. The lowest BCUT2D eigenvalue weighted by molar-refractivity contribution is -0.142. The van der Waals surface area contributed by atoms with E-state index < -0.39 is 17.8 Å². The number of hydrogen-bond donors (Lipinski definition) is 1. The van der Waals surface area contributed by atoms with Crippen LogP contribution in [0.3, 0.4) is 0 Å². The molecule has 34 heavy (non-hydrogen) atoms. The second-order valence-electron chi connectivity index (χ2n) is 8.03. The number of nitrogens with zero attached hydrogens (tertiary/aromatic N) is 5. The molecule has 0 radical (unpaired) electrons. The van der Waals surface area contributed by atoms with Crippen molar-refractivity contribution in [1.29, 1.82) is 0 Å². The van der Waals surface area contributed by atoms with E-state index >= 15 is 0 Å². The maximum Gasteiger partial charge on any atom is 0.433 e. The lowest BCUT2D eigenvalue weighted by Gasteiger charge is -2.12. The summed E-state index contributed by atoms with van der Waals surface area (Å²) < 4.78 is 44.6. The fraction of sp³-hybridized carbons (Fsp3) is 0.304. The number of nitrogens with one attached hydrogen (secondary N) is 1. The van der Waals surface area contributed by atoms with Gasteiger partial charge in [0, 0.05) is 12.1 Å². The van der Waals surface area contributed by atoms with Gasteiger partial charge in [-0.25, -0.2) is 9.50 Å². The summed E-state index contributed by atoms with van der Waals surface area (Å²) in [6.45, 7) is 6.71. The van der Waals surface area contributed by atoms with E-state index in [1.807, 2.05) is 32.9 Å². The summed E-state index contributed by atoms with van der Waals surface area (Å²) >= 11 is 3.39. The largest absolute Gasteiger partial charge is 0.433 e. The van der Waals surface area contributed by atoms with Gasteiger partial charge in [0.05, 0.1) is 34.8 Å². The van der Waals surface area contributed by atoms with Crippen LogP contribution in [0.2, 0.25) is 0 Å². The predicted molar refractivity (Wildman–Crippen MR) is 124 cm³/mol. The first-order valence-corrected chi connectivity index (χ1v) is 11.4. The second kappa shape index (κ2) is 9.21. The molecule has 4 rings (SSSR count). The molecule has 0 fully saturated rings. The molecular formula is C23H22BrF3N6O. The highest BCUT2D eigenvalue weighted by Gasteiger charge is 2.36. The Balaban J connectivity index is 1.74. The third-order valence-electron chi connectivity index (χ3n) is 5.49. The van der Waals surface area contributed by atoms with Crippen molar-refractivity contribution in [1.82, 2.24) is 29.7 Å². The lowest BCUT2D eigenvalue weighted by atomic mass is 10.0. The van der Waals surface area contributed by atoms with Crippen molar-refractivity contribution < 1.29 is 18.0 Å². The molecule has 0 aliphatic heterocycles. The summed E-state index contributed by atoms with van der Waals surface area (Å²) in [6, 6.07) is 8.13. The molecular weight excluding hydrogens is 513 g/mol. The molecule has 1 amide bonds. The highest BCUT2D eigenvalue weighted by molar-refractivity contribution is 9.10. The Morgan fingerprint density at radius 1 is 1.15 bits per heavy atom. The Morgan fingerprint density at radius 2 is 1.85 bits per heavy atom. The van der Waals surface area contributed by atoms with Crippen LogP contribution in [0.15, 0.2) is 47.2 Å².